The number of imidazole rings is 1. The number of fused-ring (bicyclic) bond motifs is 1. The molecule has 0 aliphatic carbocycles. The van der Waals surface area contributed by atoms with E-state index in [4.69, 9.17) is 4.42 Å². The number of alkyl halides is 3. The van der Waals surface area contributed by atoms with Crippen molar-refractivity contribution in [1.82, 2.24) is 9.38 Å². The minimum Gasteiger partial charge on any atom is -0.459 e. The molecule has 0 aliphatic heterocycles. The van der Waals surface area contributed by atoms with Crippen LogP contribution < -0.4 is 5.32 Å². The van der Waals surface area contributed by atoms with Crippen LogP contribution in [0.4, 0.5) is 19.0 Å². The van der Waals surface area contributed by atoms with Crippen LogP contribution in [-0.4, -0.2) is 15.3 Å². The van der Waals surface area contributed by atoms with Crippen LogP contribution in [0.1, 0.15) is 16.1 Å². The molecule has 5 nitrogen and oxygen atoms in total. The van der Waals surface area contributed by atoms with Crippen molar-refractivity contribution < 1.29 is 22.4 Å². The number of anilines is 1. The van der Waals surface area contributed by atoms with Crippen molar-refractivity contribution in [3.8, 4) is 11.3 Å². The van der Waals surface area contributed by atoms with Crippen molar-refractivity contribution in [2.75, 3.05) is 5.32 Å². The van der Waals surface area contributed by atoms with Gasteiger partial charge in [-0.2, -0.15) is 13.2 Å². The topological polar surface area (TPSA) is 59.5 Å². The van der Waals surface area contributed by atoms with Crippen molar-refractivity contribution >= 4 is 17.4 Å². The van der Waals surface area contributed by atoms with Gasteiger partial charge in [0.1, 0.15) is 17.2 Å². The molecule has 8 heteroatoms. The largest absolute Gasteiger partial charge is 0.459 e. The summed E-state index contributed by atoms with van der Waals surface area (Å²) in [6, 6.07) is 13.0. The summed E-state index contributed by atoms with van der Waals surface area (Å²) < 4.78 is 45.2. The van der Waals surface area contributed by atoms with E-state index in [1.54, 1.807) is 34.9 Å². The normalized spacial score (nSPS) is 11.7. The molecule has 1 N–H and O–H groups in total. The fraction of sp³-hybridized carbons (Fsp3) is 0.0526. The fourth-order valence-electron chi connectivity index (χ4n) is 2.71. The quantitative estimate of drug-likeness (QED) is 0.559. The van der Waals surface area contributed by atoms with Gasteiger partial charge >= 0.3 is 6.18 Å². The Balaban J connectivity index is 1.79. The number of halogens is 3. The molecule has 136 valence electrons. The predicted molar refractivity (Wildman–Crippen MR) is 92.3 cm³/mol. The van der Waals surface area contributed by atoms with Crippen LogP contribution in [0.5, 0.6) is 0 Å². The lowest BCUT2D eigenvalue weighted by molar-refractivity contribution is -0.137. The Morgan fingerprint density at radius 3 is 2.48 bits per heavy atom. The molecule has 3 heterocycles. The zero-order valence-corrected chi connectivity index (χ0v) is 13.7. The van der Waals surface area contributed by atoms with Gasteiger partial charge in [0.05, 0.1) is 11.8 Å². The van der Waals surface area contributed by atoms with Crippen LogP contribution in [0.3, 0.4) is 0 Å². The van der Waals surface area contributed by atoms with E-state index in [1.165, 1.54) is 24.5 Å². The molecule has 0 unspecified atom stereocenters. The zero-order chi connectivity index (χ0) is 19.0. The van der Waals surface area contributed by atoms with E-state index in [-0.39, 0.29) is 5.76 Å². The lowest BCUT2D eigenvalue weighted by atomic mass is 10.1. The van der Waals surface area contributed by atoms with E-state index in [1.807, 2.05) is 0 Å². The third-order valence-corrected chi connectivity index (χ3v) is 3.99. The molecule has 0 fully saturated rings. The molecule has 0 radical (unpaired) electrons. The van der Waals surface area contributed by atoms with Crippen molar-refractivity contribution in [1.29, 1.82) is 0 Å². The minimum absolute atomic E-state index is 0.110. The number of carbonyl (C=O) groups is 1. The van der Waals surface area contributed by atoms with Crippen LogP contribution in [0.2, 0.25) is 0 Å². The van der Waals surface area contributed by atoms with E-state index >= 15 is 0 Å². The third kappa shape index (κ3) is 3.17. The second kappa shape index (κ2) is 6.31. The number of rotatable bonds is 3. The van der Waals surface area contributed by atoms with Gasteiger partial charge in [0.2, 0.25) is 0 Å². The molecule has 0 atom stereocenters. The first-order chi connectivity index (χ1) is 12.9. The van der Waals surface area contributed by atoms with Gasteiger partial charge in [0, 0.05) is 11.8 Å². The first-order valence-corrected chi connectivity index (χ1v) is 7.93. The first-order valence-electron chi connectivity index (χ1n) is 7.93. The highest BCUT2D eigenvalue weighted by molar-refractivity contribution is 6.04. The number of nitrogens with one attached hydrogen (secondary N) is 1. The number of benzene rings is 1. The van der Waals surface area contributed by atoms with E-state index in [2.05, 4.69) is 10.3 Å². The van der Waals surface area contributed by atoms with Gasteiger partial charge in [0.25, 0.3) is 5.91 Å². The average Bonchev–Trinajstić information content (AvgIpc) is 3.30. The Kier molecular flexibility index (Phi) is 3.95. The summed E-state index contributed by atoms with van der Waals surface area (Å²) in [6.45, 7) is 0. The smallest absolute Gasteiger partial charge is 0.416 e. The van der Waals surface area contributed by atoms with E-state index < -0.39 is 17.6 Å². The zero-order valence-electron chi connectivity index (χ0n) is 13.7. The maximum absolute atomic E-state index is 12.8. The molecule has 0 saturated carbocycles. The highest BCUT2D eigenvalue weighted by Crippen LogP contribution is 2.33. The van der Waals surface area contributed by atoms with Gasteiger partial charge in [-0.05, 0) is 36.4 Å². The molecule has 4 rings (SSSR count). The Morgan fingerprint density at radius 2 is 1.81 bits per heavy atom. The summed E-state index contributed by atoms with van der Waals surface area (Å²) in [6.07, 6.45) is -1.35. The summed E-state index contributed by atoms with van der Waals surface area (Å²) in [7, 11) is 0. The van der Waals surface area contributed by atoms with Crippen LogP contribution in [0.15, 0.2) is 71.5 Å². The summed E-state index contributed by atoms with van der Waals surface area (Å²) in [5.41, 5.74) is 0.592. The molecule has 1 aromatic carbocycles. The van der Waals surface area contributed by atoms with E-state index in [0.29, 0.717) is 22.7 Å². The fourth-order valence-corrected chi connectivity index (χ4v) is 2.71. The molecule has 27 heavy (non-hydrogen) atoms. The summed E-state index contributed by atoms with van der Waals surface area (Å²) in [4.78, 5) is 16.8. The molecular weight excluding hydrogens is 359 g/mol. The first kappa shape index (κ1) is 16.9. The van der Waals surface area contributed by atoms with Crippen molar-refractivity contribution in [2.45, 2.75) is 6.18 Å². The van der Waals surface area contributed by atoms with Gasteiger partial charge in [-0.15, -0.1) is 0 Å². The molecule has 0 spiro atoms. The molecule has 1 amide bonds. The number of hydrogen-bond acceptors (Lipinski definition) is 3. The lowest BCUT2D eigenvalue weighted by Gasteiger charge is -2.09. The van der Waals surface area contributed by atoms with Crippen LogP contribution in [0.25, 0.3) is 16.9 Å². The number of aromatic nitrogens is 2. The second-order valence-electron chi connectivity index (χ2n) is 5.74. The van der Waals surface area contributed by atoms with Gasteiger partial charge in [-0.25, -0.2) is 4.98 Å². The Labute approximate surface area is 151 Å². The van der Waals surface area contributed by atoms with Gasteiger partial charge < -0.3 is 9.73 Å². The van der Waals surface area contributed by atoms with Gasteiger partial charge in [-0.1, -0.05) is 18.2 Å². The minimum atomic E-state index is -4.42. The number of nitrogens with zero attached hydrogens (tertiary/aromatic N) is 2. The Morgan fingerprint density at radius 1 is 1.04 bits per heavy atom. The van der Waals surface area contributed by atoms with Crippen LogP contribution >= 0.6 is 0 Å². The highest BCUT2D eigenvalue weighted by Gasteiger charge is 2.30. The monoisotopic (exact) mass is 371 g/mol. The summed E-state index contributed by atoms with van der Waals surface area (Å²) in [5.74, 6) is -0.0372. The molecular formula is C19H12F3N3O2. The van der Waals surface area contributed by atoms with Gasteiger partial charge in [0.15, 0.2) is 5.76 Å². The second-order valence-corrected chi connectivity index (χ2v) is 5.74. The van der Waals surface area contributed by atoms with Crippen molar-refractivity contribution in [3.63, 3.8) is 0 Å². The summed E-state index contributed by atoms with van der Waals surface area (Å²) in [5, 5.41) is 2.72. The molecule has 0 saturated heterocycles. The Hall–Kier alpha value is -3.55. The van der Waals surface area contributed by atoms with Crippen molar-refractivity contribution in [3.05, 3.63) is 78.4 Å². The lowest BCUT2D eigenvalue weighted by Crippen LogP contribution is -2.13. The molecule has 0 bridgehead atoms. The number of carbonyl (C=O) groups excluding carboxylic acids is 1. The maximum atomic E-state index is 12.8. The van der Waals surface area contributed by atoms with Crippen LogP contribution in [-0.2, 0) is 6.18 Å². The summed E-state index contributed by atoms with van der Waals surface area (Å²) >= 11 is 0. The predicted octanol–water partition coefficient (Wildman–Crippen LogP) is 4.87. The third-order valence-electron chi connectivity index (χ3n) is 3.99. The van der Waals surface area contributed by atoms with E-state index in [0.717, 1.165) is 12.1 Å². The average molecular weight is 371 g/mol. The SMILES string of the molecule is O=C(Nc1c(-c2ccc(C(F)(F)F)cc2)nc2ccccn12)c1ccco1. The van der Waals surface area contributed by atoms with E-state index in [9.17, 15) is 18.0 Å². The van der Waals surface area contributed by atoms with Crippen LogP contribution in [0, 0.1) is 0 Å². The number of amides is 1. The number of hydrogen-bond donors (Lipinski definition) is 1. The van der Waals surface area contributed by atoms with Crippen molar-refractivity contribution in [2.24, 2.45) is 0 Å². The maximum Gasteiger partial charge on any atom is 0.416 e. The highest BCUT2D eigenvalue weighted by atomic mass is 19.4. The standard InChI is InChI=1S/C19H12F3N3O2/c20-19(21,22)13-8-6-12(7-9-13)16-17(24-18(26)14-4-3-11-27-14)25-10-2-1-5-15(25)23-16/h1-11H,(H,24,26). The van der Waals surface area contributed by atoms with Gasteiger partial charge in [-0.3, -0.25) is 9.20 Å². The molecule has 0 aliphatic rings. The number of furan rings is 1. The molecule has 4 aromatic rings. The molecule has 3 aromatic heterocycles. The number of pyridine rings is 1. The Bertz CT molecular complexity index is 1100.